The lowest BCUT2D eigenvalue weighted by Crippen LogP contribution is -2.48. The molecule has 1 N–H and O–H groups in total. The molecule has 366 valence electrons. The Bertz CT molecular complexity index is 2620. The van der Waals surface area contributed by atoms with Crippen LogP contribution in [0.1, 0.15) is 48.6 Å². The number of rotatable bonds is 10. The molecule has 2 aliphatic rings. The number of anilines is 2. The lowest BCUT2D eigenvalue weighted by molar-refractivity contribution is -0.186. The first-order chi connectivity index (χ1) is 32.3. The van der Waals surface area contributed by atoms with Crippen molar-refractivity contribution >= 4 is 41.5 Å². The second kappa shape index (κ2) is 22.1. The number of carbonyl (C=O) groups excluding carboxylic acids is 3. The number of amides is 3. The second-order valence-corrected chi connectivity index (χ2v) is 15.8. The zero-order chi connectivity index (χ0) is 48.6. The Balaban J connectivity index is 0.000000227. The van der Waals surface area contributed by atoms with E-state index in [-0.39, 0.29) is 80.0 Å². The lowest BCUT2D eigenvalue weighted by atomic mass is 9.94. The topological polar surface area (TPSA) is 151 Å². The number of aromatic nitrogens is 4. The molecule has 13 nitrogen and oxygen atoms in total. The van der Waals surface area contributed by atoms with Gasteiger partial charge in [-0.2, -0.15) is 39.5 Å². The fraction of sp³-hybridized carbons (Fsp3) is 0.326. The number of hydrogen-bond acceptors (Lipinski definition) is 10. The highest BCUT2D eigenvalue weighted by Crippen LogP contribution is 2.33. The second-order valence-electron chi connectivity index (χ2n) is 15.8. The number of likely N-dealkylation sites (tertiary alicyclic amines) is 1. The summed E-state index contributed by atoms with van der Waals surface area (Å²) in [6.07, 6.45) is -12.7. The number of carbonyl (C=O) groups is 3. The number of nitrogens with one attached hydrogen (secondary N) is 1. The monoisotopic (exact) mass is 992 g/mol. The highest BCUT2D eigenvalue weighted by atomic mass is 35.5. The number of nitrogens with zero attached hydrogens (tertiary/aromatic N) is 7. The van der Waals surface area contributed by atoms with Crippen LogP contribution in [-0.4, -0.2) is 75.4 Å². The van der Waals surface area contributed by atoms with Crippen LogP contribution >= 0.6 is 12.4 Å². The average Bonchev–Trinajstić information content (AvgIpc) is 4.06. The number of alkyl halides is 9. The van der Waals surface area contributed by atoms with E-state index in [0.717, 1.165) is 37.2 Å². The molecule has 6 aromatic rings. The van der Waals surface area contributed by atoms with Crippen LogP contribution in [-0.2, 0) is 39.8 Å². The fourth-order valence-corrected chi connectivity index (χ4v) is 7.61. The van der Waals surface area contributed by atoms with Gasteiger partial charge in [0, 0.05) is 47.4 Å². The molecule has 3 amide bonds. The van der Waals surface area contributed by atoms with Gasteiger partial charge in [-0.3, -0.25) is 14.4 Å². The first-order valence-electron chi connectivity index (χ1n) is 21.1. The van der Waals surface area contributed by atoms with Gasteiger partial charge < -0.3 is 28.9 Å². The van der Waals surface area contributed by atoms with Gasteiger partial charge in [0.25, 0.3) is 0 Å². The van der Waals surface area contributed by atoms with E-state index in [1.165, 1.54) is 17.0 Å². The third-order valence-corrected chi connectivity index (χ3v) is 11.1. The van der Waals surface area contributed by atoms with E-state index in [1.807, 2.05) is 30.3 Å². The van der Waals surface area contributed by atoms with Crippen molar-refractivity contribution < 1.29 is 62.7 Å². The van der Waals surface area contributed by atoms with Crippen LogP contribution in [0.5, 0.6) is 0 Å². The van der Waals surface area contributed by atoms with E-state index >= 15 is 0 Å². The molecule has 0 spiro atoms. The molecule has 4 heterocycles. The van der Waals surface area contributed by atoms with E-state index in [0.29, 0.717) is 28.3 Å². The molecule has 2 saturated heterocycles. The quantitative estimate of drug-likeness (QED) is 0.131. The standard InChI is InChI=1S/C24H20F6N4O3.C22H21F3N4O2.ClH/c25-23(26,27)21-32-31-19(37-21)16-8-6-15(7-9-16)14-34(18-4-2-1-3-5-18)20(35)17-10-12-33(13-11-17)22(36)24(28,29)30;23-22(24,25)21-28-27-19(31-21)16-8-6-15(7-9-16)14-29(18-4-2-1-3-5-18)20(30)17-10-12-26-13-11-17;/h1-9,17H,10-14H2;1-9,17,26H,10-14H2;1H. The first kappa shape index (κ1) is 51.6. The predicted octanol–water partition coefficient (Wildman–Crippen LogP) is 9.80. The highest BCUT2D eigenvalue weighted by Gasteiger charge is 2.44. The van der Waals surface area contributed by atoms with Gasteiger partial charge >= 0.3 is 36.2 Å². The van der Waals surface area contributed by atoms with Gasteiger partial charge in [-0.25, -0.2) is 0 Å². The van der Waals surface area contributed by atoms with Gasteiger partial charge in [-0.15, -0.1) is 32.8 Å². The summed E-state index contributed by atoms with van der Waals surface area (Å²) < 4.78 is 124. The Hall–Kier alpha value is -6.81. The third kappa shape index (κ3) is 13.3. The third-order valence-electron chi connectivity index (χ3n) is 11.1. The molecule has 0 unspecified atom stereocenters. The molecule has 2 aromatic heterocycles. The summed E-state index contributed by atoms with van der Waals surface area (Å²) in [5, 5.41) is 16.2. The Morgan fingerprint density at radius 2 is 0.928 bits per heavy atom. The molecule has 0 bridgehead atoms. The highest BCUT2D eigenvalue weighted by molar-refractivity contribution is 5.96. The van der Waals surface area contributed by atoms with Crippen LogP contribution in [0, 0.1) is 11.8 Å². The summed E-state index contributed by atoms with van der Waals surface area (Å²) >= 11 is 0. The Labute approximate surface area is 394 Å². The van der Waals surface area contributed by atoms with Crippen molar-refractivity contribution in [2.24, 2.45) is 11.8 Å². The van der Waals surface area contributed by atoms with Gasteiger partial charge in [0.2, 0.25) is 23.6 Å². The van der Waals surface area contributed by atoms with Crippen molar-refractivity contribution in [3.63, 3.8) is 0 Å². The van der Waals surface area contributed by atoms with Gasteiger partial charge in [0.15, 0.2) is 0 Å². The zero-order valence-electron chi connectivity index (χ0n) is 36.1. The minimum Gasteiger partial charge on any atom is -0.413 e. The van der Waals surface area contributed by atoms with Crippen molar-refractivity contribution in [2.75, 3.05) is 36.0 Å². The van der Waals surface area contributed by atoms with Crippen LogP contribution in [0.2, 0.25) is 0 Å². The number of benzene rings is 4. The van der Waals surface area contributed by atoms with Gasteiger partial charge in [-0.1, -0.05) is 60.7 Å². The Morgan fingerprint density at radius 3 is 1.28 bits per heavy atom. The maximum Gasteiger partial charge on any atom is 0.471 e. The molecular formula is C46H42ClF9N8O5. The number of hydrogen-bond donors (Lipinski definition) is 1. The molecule has 23 heteroatoms. The molecule has 69 heavy (non-hydrogen) atoms. The van der Waals surface area contributed by atoms with Crippen molar-refractivity contribution in [1.82, 2.24) is 30.6 Å². The lowest BCUT2D eigenvalue weighted by Gasteiger charge is -2.34. The molecule has 0 aliphatic carbocycles. The van der Waals surface area contributed by atoms with Crippen molar-refractivity contribution in [3.05, 3.63) is 132 Å². The SMILES string of the molecule is Cl.O=C(C1CCN(C(=O)C(F)(F)F)CC1)N(Cc1ccc(-c2nnc(C(F)(F)F)o2)cc1)c1ccccc1.O=C(C1CCNCC1)N(Cc1ccc(-c2nnc(C(F)(F)F)o2)cc1)c1ccccc1. The van der Waals surface area contributed by atoms with Crippen LogP contribution < -0.4 is 15.1 Å². The maximum atomic E-state index is 13.4. The zero-order valence-corrected chi connectivity index (χ0v) is 36.9. The largest absolute Gasteiger partial charge is 0.471 e. The van der Waals surface area contributed by atoms with E-state index in [2.05, 4.69) is 30.1 Å². The molecular weight excluding hydrogens is 951 g/mol. The summed E-state index contributed by atoms with van der Waals surface area (Å²) in [6.45, 7) is 1.72. The molecule has 0 atom stereocenters. The molecule has 2 fully saturated rings. The summed E-state index contributed by atoms with van der Waals surface area (Å²) in [4.78, 5) is 42.1. The van der Waals surface area contributed by atoms with Crippen LogP contribution in [0.3, 0.4) is 0 Å². The van der Waals surface area contributed by atoms with Crippen molar-refractivity contribution in [1.29, 1.82) is 0 Å². The molecule has 2 aliphatic heterocycles. The summed E-state index contributed by atoms with van der Waals surface area (Å²) in [7, 11) is 0. The van der Waals surface area contributed by atoms with E-state index < -0.39 is 42.1 Å². The molecule has 0 radical (unpaired) electrons. The normalized spacial score (nSPS) is 14.8. The molecule has 8 rings (SSSR count). The van der Waals surface area contributed by atoms with E-state index in [4.69, 9.17) is 4.42 Å². The average molecular weight is 993 g/mol. The Kier molecular flexibility index (Phi) is 16.5. The smallest absolute Gasteiger partial charge is 0.413 e. The minimum atomic E-state index is -4.96. The summed E-state index contributed by atoms with van der Waals surface area (Å²) in [5.74, 6) is -6.13. The number of para-hydroxylation sites is 2. The number of halogens is 10. The van der Waals surface area contributed by atoms with E-state index in [1.54, 1.807) is 71.6 Å². The number of piperidine rings is 2. The molecule has 0 saturated carbocycles. The minimum absolute atomic E-state index is 0. The Morgan fingerprint density at radius 1 is 0.551 bits per heavy atom. The van der Waals surface area contributed by atoms with Crippen molar-refractivity contribution in [2.45, 2.75) is 57.3 Å². The van der Waals surface area contributed by atoms with Gasteiger partial charge in [0.1, 0.15) is 0 Å². The van der Waals surface area contributed by atoms with Crippen LogP contribution in [0.25, 0.3) is 22.9 Å². The van der Waals surface area contributed by atoms with Crippen LogP contribution in [0.4, 0.5) is 50.9 Å². The predicted molar refractivity (Wildman–Crippen MR) is 233 cm³/mol. The van der Waals surface area contributed by atoms with Gasteiger partial charge in [0.05, 0.1) is 13.1 Å². The van der Waals surface area contributed by atoms with Gasteiger partial charge in [-0.05, 0) is 98.4 Å². The van der Waals surface area contributed by atoms with E-state index in [9.17, 15) is 53.9 Å². The van der Waals surface area contributed by atoms with Crippen molar-refractivity contribution in [3.8, 4) is 22.9 Å². The summed E-state index contributed by atoms with van der Waals surface area (Å²) in [6, 6.07) is 31.0. The maximum absolute atomic E-state index is 13.4. The molecule has 4 aromatic carbocycles. The first-order valence-corrected chi connectivity index (χ1v) is 21.1. The fourth-order valence-electron chi connectivity index (χ4n) is 7.61. The summed E-state index contributed by atoms with van der Waals surface area (Å²) in [5.41, 5.74) is 3.49. The van der Waals surface area contributed by atoms with Crippen LogP contribution in [0.15, 0.2) is 118 Å².